The van der Waals surface area contributed by atoms with Crippen LogP contribution in [-0.4, -0.2) is 19.8 Å². The maximum absolute atomic E-state index is 5.86. The molecule has 5 nitrogen and oxygen atoms in total. The first-order valence-electron chi connectivity index (χ1n) is 9.67. The summed E-state index contributed by atoms with van der Waals surface area (Å²) in [5.74, 6) is 4.42. The third kappa shape index (κ3) is 2.31. The third-order valence-electron chi connectivity index (χ3n) is 6.66. The molecule has 6 heteroatoms. The van der Waals surface area contributed by atoms with Crippen LogP contribution in [0.15, 0.2) is 30.3 Å². The first-order valence-corrected chi connectivity index (χ1v) is 10.5. The molecule has 0 spiro atoms. The van der Waals surface area contributed by atoms with Crippen LogP contribution >= 0.6 is 11.3 Å². The molecule has 3 aromatic rings. The molecule has 4 aliphatic carbocycles. The van der Waals surface area contributed by atoms with Crippen LogP contribution in [-0.2, 0) is 12.0 Å². The molecule has 0 unspecified atom stereocenters. The first kappa shape index (κ1) is 15.1. The summed E-state index contributed by atoms with van der Waals surface area (Å²) >= 11 is 1.75. The molecule has 26 heavy (non-hydrogen) atoms. The van der Waals surface area contributed by atoms with Crippen molar-refractivity contribution in [1.82, 2.24) is 19.8 Å². The smallest absolute Gasteiger partial charge is 0.234 e. The average molecular weight is 366 g/mol. The molecule has 0 radical (unpaired) electrons. The van der Waals surface area contributed by atoms with Gasteiger partial charge < -0.3 is 4.74 Å². The van der Waals surface area contributed by atoms with E-state index in [1.165, 1.54) is 43.5 Å². The van der Waals surface area contributed by atoms with Crippen molar-refractivity contribution >= 4 is 16.3 Å². The molecule has 4 saturated carbocycles. The molecular weight excluding hydrogens is 344 g/mol. The molecule has 0 amide bonds. The summed E-state index contributed by atoms with van der Waals surface area (Å²) in [6, 6.07) is 9.85. The second-order valence-electron chi connectivity index (χ2n) is 8.52. The number of hydrogen-bond donors (Lipinski definition) is 0. The Morgan fingerprint density at radius 1 is 1.00 bits per heavy atom. The molecule has 0 atom stereocenters. The number of para-hydroxylation sites is 1. The van der Waals surface area contributed by atoms with Crippen molar-refractivity contribution in [2.24, 2.45) is 17.8 Å². The van der Waals surface area contributed by atoms with Crippen molar-refractivity contribution < 1.29 is 4.74 Å². The fraction of sp³-hybridized carbons (Fsp3) is 0.550. The van der Waals surface area contributed by atoms with Crippen molar-refractivity contribution in [2.75, 3.05) is 0 Å². The molecule has 0 saturated heterocycles. The van der Waals surface area contributed by atoms with Crippen molar-refractivity contribution in [3.05, 3.63) is 41.2 Å². The maximum atomic E-state index is 5.86. The molecule has 7 rings (SSSR count). The lowest BCUT2D eigenvalue weighted by Gasteiger charge is -2.55. The van der Waals surface area contributed by atoms with Crippen LogP contribution in [0.4, 0.5) is 0 Å². The van der Waals surface area contributed by atoms with Gasteiger partial charge in [-0.05, 0) is 68.4 Å². The van der Waals surface area contributed by atoms with Crippen LogP contribution < -0.4 is 4.74 Å². The van der Waals surface area contributed by atoms with Crippen LogP contribution in [0.3, 0.4) is 0 Å². The predicted octanol–water partition coefficient (Wildman–Crippen LogP) is 4.23. The van der Waals surface area contributed by atoms with Crippen molar-refractivity contribution in [2.45, 2.75) is 50.5 Å². The minimum Gasteiger partial charge on any atom is -0.486 e. The molecule has 2 aromatic heterocycles. The zero-order valence-corrected chi connectivity index (χ0v) is 15.5. The largest absolute Gasteiger partial charge is 0.486 e. The highest BCUT2D eigenvalue weighted by Gasteiger charge is 2.53. The highest BCUT2D eigenvalue weighted by atomic mass is 32.1. The van der Waals surface area contributed by atoms with Gasteiger partial charge in [-0.15, -0.1) is 10.2 Å². The number of ether oxygens (including phenoxy) is 1. The van der Waals surface area contributed by atoms with E-state index in [0.717, 1.165) is 34.3 Å². The Hall–Kier alpha value is -1.95. The van der Waals surface area contributed by atoms with E-state index in [1.807, 2.05) is 34.8 Å². The standard InChI is InChI=1S/C20H22N4OS/c1-2-4-16(5-3-1)25-12-17-21-22-19-24(17)23-18(26-19)20-9-13-6-14(10-20)8-15(7-13)11-20/h1-5,13-15H,6-12H2. The number of nitrogens with zero attached hydrogens (tertiary/aromatic N) is 4. The van der Waals surface area contributed by atoms with E-state index in [-0.39, 0.29) is 0 Å². The summed E-state index contributed by atoms with van der Waals surface area (Å²) in [5, 5.41) is 15.0. The number of fused-ring (bicyclic) bond motifs is 1. The number of benzene rings is 1. The van der Waals surface area contributed by atoms with Gasteiger partial charge in [-0.25, -0.2) is 0 Å². The first-order chi connectivity index (χ1) is 12.8. The zero-order chi connectivity index (χ0) is 17.1. The summed E-state index contributed by atoms with van der Waals surface area (Å²) in [5.41, 5.74) is 0.317. The Morgan fingerprint density at radius 2 is 1.69 bits per heavy atom. The molecule has 0 aliphatic heterocycles. The molecule has 4 aliphatic rings. The zero-order valence-electron chi connectivity index (χ0n) is 14.7. The normalized spacial score (nSPS) is 32.4. The van der Waals surface area contributed by atoms with Gasteiger partial charge in [-0.3, -0.25) is 0 Å². The number of hydrogen-bond acceptors (Lipinski definition) is 5. The second-order valence-corrected chi connectivity index (χ2v) is 9.47. The summed E-state index contributed by atoms with van der Waals surface area (Å²) in [4.78, 5) is 0.905. The Morgan fingerprint density at radius 3 is 2.38 bits per heavy atom. The van der Waals surface area contributed by atoms with Gasteiger partial charge >= 0.3 is 0 Å². The van der Waals surface area contributed by atoms with Crippen LogP contribution in [0.25, 0.3) is 4.96 Å². The Labute approximate surface area is 156 Å². The molecule has 2 heterocycles. The van der Waals surface area contributed by atoms with Crippen LogP contribution in [0.5, 0.6) is 5.75 Å². The lowest BCUT2D eigenvalue weighted by atomic mass is 9.50. The van der Waals surface area contributed by atoms with Gasteiger partial charge in [0.15, 0.2) is 5.82 Å². The highest BCUT2D eigenvalue weighted by Crippen LogP contribution is 2.61. The van der Waals surface area contributed by atoms with Crippen molar-refractivity contribution in [1.29, 1.82) is 0 Å². The fourth-order valence-electron chi connectivity index (χ4n) is 6.00. The average Bonchev–Trinajstić information content (AvgIpc) is 3.21. The Bertz CT molecular complexity index is 912. The summed E-state index contributed by atoms with van der Waals surface area (Å²) < 4.78 is 7.78. The van der Waals surface area contributed by atoms with E-state index in [0.29, 0.717) is 12.0 Å². The number of aromatic nitrogens is 4. The minimum atomic E-state index is 0.317. The molecule has 0 N–H and O–H groups in total. The Kier molecular flexibility index (Phi) is 3.22. The summed E-state index contributed by atoms with van der Waals surface area (Å²) in [7, 11) is 0. The summed E-state index contributed by atoms with van der Waals surface area (Å²) in [6.07, 6.45) is 8.37. The topological polar surface area (TPSA) is 52.3 Å². The second kappa shape index (κ2) is 5.52. The quantitative estimate of drug-likeness (QED) is 0.693. The summed E-state index contributed by atoms with van der Waals surface area (Å²) in [6.45, 7) is 0.398. The predicted molar refractivity (Wildman–Crippen MR) is 99.3 cm³/mol. The van der Waals surface area contributed by atoms with Gasteiger partial charge in [0.2, 0.25) is 4.96 Å². The third-order valence-corrected chi connectivity index (χ3v) is 7.80. The lowest BCUT2D eigenvalue weighted by Crippen LogP contribution is -2.48. The monoisotopic (exact) mass is 366 g/mol. The van der Waals surface area contributed by atoms with Gasteiger partial charge in [0.05, 0.1) is 0 Å². The minimum absolute atomic E-state index is 0.317. The van der Waals surface area contributed by atoms with E-state index in [9.17, 15) is 0 Å². The van der Waals surface area contributed by atoms with E-state index in [1.54, 1.807) is 11.3 Å². The van der Waals surface area contributed by atoms with Gasteiger partial charge in [-0.2, -0.15) is 9.61 Å². The van der Waals surface area contributed by atoms with Crippen molar-refractivity contribution in [3.63, 3.8) is 0 Å². The van der Waals surface area contributed by atoms with Crippen LogP contribution in [0, 0.1) is 17.8 Å². The lowest BCUT2D eigenvalue weighted by molar-refractivity contribution is -0.00569. The van der Waals surface area contributed by atoms with E-state index < -0.39 is 0 Å². The molecule has 1 aromatic carbocycles. The van der Waals surface area contributed by atoms with Gasteiger partial charge in [0.25, 0.3) is 0 Å². The van der Waals surface area contributed by atoms with E-state index >= 15 is 0 Å². The molecular formula is C20H22N4OS. The maximum Gasteiger partial charge on any atom is 0.234 e. The van der Waals surface area contributed by atoms with E-state index in [4.69, 9.17) is 9.84 Å². The molecule has 4 fully saturated rings. The van der Waals surface area contributed by atoms with Gasteiger partial charge in [0.1, 0.15) is 17.4 Å². The molecule has 134 valence electrons. The Balaban J connectivity index is 1.30. The highest BCUT2D eigenvalue weighted by molar-refractivity contribution is 7.16. The van der Waals surface area contributed by atoms with Crippen LogP contribution in [0.2, 0.25) is 0 Å². The fourth-order valence-corrected chi connectivity index (χ4v) is 7.08. The van der Waals surface area contributed by atoms with Crippen LogP contribution in [0.1, 0.15) is 49.4 Å². The number of rotatable bonds is 4. The van der Waals surface area contributed by atoms with E-state index in [2.05, 4.69) is 10.2 Å². The van der Waals surface area contributed by atoms with Crippen molar-refractivity contribution in [3.8, 4) is 5.75 Å². The SMILES string of the molecule is c1ccc(OCc2nnc3sc(C45CC6CC(CC(C6)C4)C5)nn23)cc1. The van der Waals surface area contributed by atoms with Gasteiger partial charge in [0, 0.05) is 5.41 Å². The van der Waals surface area contributed by atoms with Gasteiger partial charge in [-0.1, -0.05) is 29.5 Å². The molecule has 4 bridgehead atoms.